The second-order valence-electron chi connectivity index (χ2n) is 6.05. The van der Waals surface area contributed by atoms with Crippen molar-refractivity contribution in [2.75, 3.05) is 16.8 Å². The number of hydrogen-bond acceptors (Lipinski definition) is 2. The zero-order valence-corrected chi connectivity index (χ0v) is 14.4. The van der Waals surface area contributed by atoms with E-state index in [4.69, 9.17) is 0 Å². The number of halogens is 1. The van der Waals surface area contributed by atoms with Crippen molar-refractivity contribution in [2.24, 2.45) is 0 Å². The summed E-state index contributed by atoms with van der Waals surface area (Å²) >= 11 is 0. The predicted octanol–water partition coefficient (Wildman–Crippen LogP) is 4.86. The Morgan fingerprint density at radius 1 is 0.885 bits per heavy atom. The Labute approximate surface area is 153 Å². The fraction of sp³-hybridized carbons (Fsp3) is 0.136. The molecule has 0 heterocycles. The highest BCUT2D eigenvalue weighted by Gasteiger charge is 2.10. The molecule has 0 aliphatic heterocycles. The molecule has 4 heteroatoms. The van der Waals surface area contributed by atoms with Crippen LogP contribution in [0, 0.1) is 5.82 Å². The molecule has 1 N–H and O–H groups in total. The van der Waals surface area contributed by atoms with Gasteiger partial charge in [0.2, 0.25) is 5.91 Å². The van der Waals surface area contributed by atoms with Crippen LogP contribution in [-0.4, -0.2) is 12.5 Å². The van der Waals surface area contributed by atoms with Crippen molar-refractivity contribution in [3.8, 4) is 0 Å². The van der Waals surface area contributed by atoms with E-state index in [0.29, 0.717) is 18.7 Å². The Kier molecular flexibility index (Phi) is 5.99. The van der Waals surface area contributed by atoms with Crippen LogP contribution in [0.15, 0.2) is 84.9 Å². The van der Waals surface area contributed by atoms with Crippen molar-refractivity contribution < 1.29 is 9.18 Å². The second-order valence-corrected chi connectivity index (χ2v) is 6.05. The third kappa shape index (κ3) is 5.18. The van der Waals surface area contributed by atoms with Crippen molar-refractivity contribution in [2.45, 2.75) is 13.0 Å². The highest BCUT2D eigenvalue weighted by Crippen LogP contribution is 2.17. The summed E-state index contributed by atoms with van der Waals surface area (Å²) < 4.78 is 13.2. The molecule has 0 atom stereocenters. The van der Waals surface area contributed by atoms with Gasteiger partial charge in [-0.15, -0.1) is 0 Å². The van der Waals surface area contributed by atoms with Crippen LogP contribution in [-0.2, 0) is 11.3 Å². The fourth-order valence-corrected chi connectivity index (χ4v) is 2.77. The normalized spacial score (nSPS) is 10.3. The quantitative estimate of drug-likeness (QED) is 0.661. The van der Waals surface area contributed by atoms with Crippen LogP contribution in [0.3, 0.4) is 0 Å². The van der Waals surface area contributed by atoms with Gasteiger partial charge in [-0.1, -0.05) is 54.6 Å². The van der Waals surface area contributed by atoms with Gasteiger partial charge in [0.1, 0.15) is 5.82 Å². The van der Waals surface area contributed by atoms with E-state index in [1.165, 1.54) is 17.7 Å². The van der Waals surface area contributed by atoms with Crippen LogP contribution in [0.25, 0.3) is 0 Å². The highest BCUT2D eigenvalue weighted by atomic mass is 19.1. The van der Waals surface area contributed by atoms with E-state index in [1.807, 2.05) is 48.5 Å². The molecule has 3 rings (SSSR count). The molecule has 0 saturated carbocycles. The Hall–Kier alpha value is -3.14. The molecule has 0 saturated heterocycles. The van der Waals surface area contributed by atoms with Crippen molar-refractivity contribution in [1.29, 1.82) is 0 Å². The van der Waals surface area contributed by atoms with E-state index in [1.54, 1.807) is 12.1 Å². The zero-order chi connectivity index (χ0) is 18.2. The van der Waals surface area contributed by atoms with Gasteiger partial charge in [-0.2, -0.15) is 0 Å². The Bertz CT molecular complexity index is 837. The summed E-state index contributed by atoms with van der Waals surface area (Å²) in [6.45, 7) is 1.29. The van der Waals surface area contributed by atoms with Crippen molar-refractivity contribution in [3.05, 3.63) is 96.3 Å². The van der Waals surface area contributed by atoms with Gasteiger partial charge in [0.25, 0.3) is 0 Å². The first-order valence-corrected chi connectivity index (χ1v) is 8.60. The molecule has 0 unspecified atom stereocenters. The van der Waals surface area contributed by atoms with Crippen LogP contribution in [0.5, 0.6) is 0 Å². The topological polar surface area (TPSA) is 32.3 Å². The minimum Gasteiger partial charge on any atom is -0.367 e. The van der Waals surface area contributed by atoms with Gasteiger partial charge in [-0.05, 0) is 35.9 Å². The van der Waals surface area contributed by atoms with Gasteiger partial charge in [-0.3, -0.25) is 4.79 Å². The number of amides is 1. The van der Waals surface area contributed by atoms with Crippen molar-refractivity contribution in [3.63, 3.8) is 0 Å². The van der Waals surface area contributed by atoms with Gasteiger partial charge >= 0.3 is 0 Å². The predicted molar refractivity (Wildman–Crippen MR) is 104 cm³/mol. The molecule has 26 heavy (non-hydrogen) atoms. The molecule has 0 aromatic heterocycles. The maximum absolute atomic E-state index is 13.2. The summed E-state index contributed by atoms with van der Waals surface area (Å²) in [5.74, 6) is -0.498. The Morgan fingerprint density at radius 2 is 1.58 bits per heavy atom. The number of para-hydroxylation sites is 1. The summed E-state index contributed by atoms with van der Waals surface area (Å²) in [6.07, 6.45) is 0.318. The number of hydrogen-bond donors (Lipinski definition) is 1. The lowest BCUT2D eigenvalue weighted by molar-refractivity contribution is -0.116. The number of carbonyl (C=O) groups is 1. The monoisotopic (exact) mass is 348 g/mol. The molecule has 0 spiro atoms. The lowest BCUT2D eigenvalue weighted by Crippen LogP contribution is -2.27. The molecule has 3 aromatic carbocycles. The maximum Gasteiger partial charge on any atom is 0.226 e. The number of nitrogens with zero attached hydrogens (tertiary/aromatic N) is 1. The van der Waals surface area contributed by atoms with E-state index < -0.39 is 0 Å². The van der Waals surface area contributed by atoms with Crippen LogP contribution in [0.2, 0.25) is 0 Å². The van der Waals surface area contributed by atoms with Crippen molar-refractivity contribution in [1.82, 2.24) is 0 Å². The minimum absolute atomic E-state index is 0.135. The molecule has 0 radical (unpaired) electrons. The molecular formula is C22H21FN2O. The van der Waals surface area contributed by atoms with E-state index in [9.17, 15) is 9.18 Å². The molecular weight excluding hydrogens is 327 g/mol. The first kappa shape index (κ1) is 17.7. The lowest BCUT2D eigenvalue weighted by atomic mass is 10.2. The SMILES string of the molecule is O=C(CCN(Cc1ccccc1)c1ccccc1)Nc1cccc(F)c1. The zero-order valence-electron chi connectivity index (χ0n) is 14.4. The average molecular weight is 348 g/mol. The van der Waals surface area contributed by atoms with Crippen LogP contribution in [0.1, 0.15) is 12.0 Å². The highest BCUT2D eigenvalue weighted by molar-refractivity contribution is 5.91. The maximum atomic E-state index is 13.2. The standard InChI is InChI=1S/C22H21FN2O/c23-19-10-7-11-20(16-19)24-22(26)14-15-25(21-12-5-2-6-13-21)17-18-8-3-1-4-9-18/h1-13,16H,14-15,17H2,(H,24,26). The first-order valence-electron chi connectivity index (χ1n) is 8.60. The van der Waals surface area contributed by atoms with Crippen LogP contribution in [0.4, 0.5) is 15.8 Å². The summed E-state index contributed by atoms with van der Waals surface area (Å²) in [5.41, 5.74) is 2.72. The molecule has 1 amide bonds. The second kappa shape index (κ2) is 8.81. The number of carbonyl (C=O) groups excluding carboxylic acids is 1. The summed E-state index contributed by atoms with van der Waals surface area (Å²) in [7, 11) is 0. The molecule has 0 fully saturated rings. The third-order valence-electron chi connectivity index (χ3n) is 4.05. The van der Waals surface area contributed by atoms with E-state index in [-0.39, 0.29) is 11.7 Å². The lowest BCUT2D eigenvalue weighted by Gasteiger charge is -2.25. The van der Waals surface area contributed by atoms with E-state index in [2.05, 4.69) is 22.3 Å². The number of nitrogens with one attached hydrogen (secondary N) is 1. The van der Waals surface area contributed by atoms with E-state index in [0.717, 1.165) is 12.2 Å². The Morgan fingerprint density at radius 3 is 2.27 bits per heavy atom. The smallest absolute Gasteiger partial charge is 0.226 e. The molecule has 3 aromatic rings. The Balaban J connectivity index is 1.65. The average Bonchev–Trinajstić information content (AvgIpc) is 2.66. The third-order valence-corrected chi connectivity index (χ3v) is 4.05. The fourth-order valence-electron chi connectivity index (χ4n) is 2.77. The molecule has 0 aliphatic carbocycles. The minimum atomic E-state index is -0.363. The van der Waals surface area contributed by atoms with Crippen LogP contribution >= 0.6 is 0 Å². The summed E-state index contributed by atoms with van der Waals surface area (Å²) in [6, 6.07) is 26.1. The molecule has 0 aliphatic rings. The van der Waals surface area contributed by atoms with Gasteiger partial charge in [0, 0.05) is 30.9 Å². The van der Waals surface area contributed by atoms with Gasteiger partial charge in [0.15, 0.2) is 0 Å². The number of anilines is 2. The van der Waals surface area contributed by atoms with Gasteiger partial charge in [-0.25, -0.2) is 4.39 Å². The largest absolute Gasteiger partial charge is 0.367 e. The van der Waals surface area contributed by atoms with E-state index >= 15 is 0 Å². The molecule has 3 nitrogen and oxygen atoms in total. The van der Waals surface area contributed by atoms with Gasteiger partial charge in [0.05, 0.1) is 0 Å². The number of benzene rings is 3. The van der Waals surface area contributed by atoms with Crippen molar-refractivity contribution >= 4 is 17.3 Å². The summed E-state index contributed by atoms with van der Waals surface area (Å²) in [5, 5.41) is 2.75. The van der Waals surface area contributed by atoms with Gasteiger partial charge < -0.3 is 10.2 Å². The summed E-state index contributed by atoms with van der Waals surface area (Å²) in [4.78, 5) is 14.4. The number of rotatable bonds is 7. The molecule has 0 bridgehead atoms. The molecule has 132 valence electrons. The first-order chi connectivity index (χ1) is 12.7. The van der Waals surface area contributed by atoms with Crippen LogP contribution < -0.4 is 10.2 Å².